The number of pyridine rings is 1. The predicted octanol–water partition coefficient (Wildman–Crippen LogP) is 3.63. The number of carboxylic acid groups (broad SMARTS) is 1. The highest BCUT2D eigenvalue weighted by Crippen LogP contribution is 2.20. The average Bonchev–Trinajstić information content (AvgIpc) is 3.24. The van der Waals surface area contributed by atoms with E-state index in [0.717, 1.165) is 86.7 Å². The Morgan fingerprint density at radius 1 is 1.16 bits per heavy atom. The molecule has 3 aromatic rings. The summed E-state index contributed by atoms with van der Waals surface area (Å²) in [6.45, 7) is 10.1. The van der Waals surface area contributed by atoms with E-state index in [-0.39, 0.29) is 0 Å². The molecular weight excluding hydrogens is 480 g/mol. The summed E-state index contributed by atoms with van der Waals surface area (Å²) in [6, 6.07) is 5.68. The third-order valence-electron chi connectivity index (χ3n) is 6.96. The van der Waals surface area contributed by atoms with Gasteiger partial charge in [-0.3, -0.25) is 4.68 Å². The third kappa shape index (κ3) is 7.98. The summed E-state index contributed by atoms with van der Waals surface area (Å²) < 4.78 is 2.03. The molecule has 1 aliphatic rings. The average molecular weight is 521 g/mol. The number of hydrogen-bond donors (Lipinski definition) is 3. The summed E-state index contributed by atoms with van der Waals surface area (Å²) in [5.41, 5.74) is 5.51. The maximum absolute atomic E-state index is 12.0. The Kier molecular flexibility index (Phi) is 9.64. The Labute approximate surface area is 224 Å². The molecule has 3 aromatic heterocycles. The lowest BCUT2D eigenvalue weighted by atomic mass is 10.1. The molecule has 0 spiro atoms. The van der Waals surface area contributed by atoms with Crippen LogP contribution < -0.4 is 10.6 Å². The van der Waals surface area contributed by atoms with E-state index in [4.69, 9.17) is 4.98 Å². The highest BCUT2D eigenvalue weighted by molar-refractivity contribution is 5.76. The summed E-state index contributed by atoms with van der Waals surface area (Å²) in [5.74, 6) is 0.481. The molecule has 10 nitrogen and oxygen atoms in total. The van der Waals surface area contributed by atoms with E-state index in [9.17, 15) is 9.90 Å². The number of carbonyl (C=O) groups is 1. The Morgan fingerprint density at radius 2 is 1.97 bits per heavy atom. The monoisotopic (exact) mass is 520 g/mol. The molecule has 0 fully saturated rings. The van der Waals surface area contributed by atoms with Gasteiger partial charge in [-0.05, 0) is 89.1 Å². The zero-order chi connectivity index (χ0) is 26.9. The van der Waals surface area contributed by atoms with Crippen molar-refractivity contribution in [3.8, 4) is 0 Å². The Hall–Kier alpha value is -3.53. The molecule has 204 valence electrons. The van der Waals surface area contributed by atoms with Gasteiger partial charge in [-0.1, -0.05) is 6.07 Å². The molecule has 4 heterocycles. The zero-order valence-electron chi connectivity index (χ0n) is 22.8. The number of anilines is 2. The molecule has 0 saturated heterocycles. The van der Waals surface area contributed by atoms with E-state index < -0.39 is 12.0 Å². The smallest absolute Gasteiger partial charge is 0.326 e. The predicted molar refractivity (Wildman–Crippen MR) is 149 cm³/mol. The number of nitrogens with zero attached hydrogens (tertiary/aromatic N) is 6. The lowest BCUT2D eigenvalue weighted by Crippen LogP contribution is -2.37. The van der Waals surface area contributed by atoms with Crippen LogP contribution in [-0.4, -0.2) is 72.9 Å². The lowest BCUT2D eigenvalue weighted by Gasteiger charge is -2.24. The van der Waals surface area contributed by atoms with Crippen LogP contribution >= 0.6 is 0 Å². The molecule has 1 atom stereocenters. The minimum atomic E-state index is -0.903. The number of hydrogen-bond acceptors (Lipinski definition) is 8. The van der Waals surface area contributed by atoms with E-state index >= 15 is 0 Å². The molecule has 0 amide bonds. The molecule has 0 radical (unpaired) electrons. The summed E-state index contributed by atoms with van der Waals surface area (Å²) >= 11 is 0. The first-order chi connectivity index (χ1) is 18.4. The third-order valence-corrected chi connectivity index (χ3v) is 6.96. The standard InChI is InChI=1S/C28H40N8O2/c1-20-18-30-28(31-19-20)33-25(27(37)38)11-14-35(15-16-36-22(3)17-21(2)34-36)13-5-4-8-24-10-9-23-7-6-12-29-26(23)32-24/h9-10,17-19,25H,4-8,11-16H2,1-3H3,(H,29,32)(H,37,38)(H,30,31,33). The van der Waals surface area contributed by atoms with Crippen molar-refractivity contribution in [2.75, 3.05) is 36.8 Å². The lowest BCUT2D eigenvalue weighted by molar-refractivity contribution is -0.138. The van der Waals surface area contributed by atoms with Crippen LogP contribution in [-0.2, 0) is 24.2 Å². The van der Waals surface area contributed by atoms with Crippen molar-refractivity contribution in [3.63, 3.8) is 0 Å². The molecule has 0 aliphatic carbocycles. The largest absolute Gasteiger partial charge is 0.480 e. The van der Waals surface area contributed by atoms with Crippen LogP contribution in [0.1, 0.15) is 53.9 Å². The highest BCUT2D eigenvalue weighted by atomic mass is 16.4. The zero-order valence-corrected chi connectivity index (χ0v) is 22.8. The van der Waals surface area contributed by atoms with Gasteiger partial charge in [-0.25, -0.2) is 19.7 Å². The van der Waals surface area contributed by atoms with Crippen LogP contribution in [0, 0.1) is 20.8 Å². The van der Waals surface area contributed by atoms with Crippen molar-refractivity contribution in [2.45, 2.75) is 71.9 Å². The van der Waals surface area contributed by atoms with Crippen LogP contribution in [0.25, 0.3) is 0 Å². The van der Waals surface area contributed by atoms with Gasteiger partial charge in [0.2, 0.25) is 5.95 Å². The van der Waals surface area contributed by atoms with Crippen molar-refractivity contribution in [1.29, 1.82) is 0 Å². The molecule has 3 N–H and O–H groups in total. The Bertz CT molecular complexity index is 1190. The van der Waals surface area contributed by atoms with Gasteiger partial charge in [-0.2, -0.15) is 5.10 Å². The van der Waals surface area contributed by atoms with Gasteiger partial charge in [0.25, 0.3) is 0 Å². The molecule has 0 bridgehead atoms. The number of nitrogens with one attached hydrogen (secondary N) is 2. The molecular formula is C28H40N8O2. The van der Waals surface area contributed by atoms with Gasteiger partial charge in [0.05, 0.1) is 12.2 Å². The topological polar surface area (TPSA) is 121 Å². The maximum atomic E-state index is 12.0. The quantitative estimate of drug-likeness (QED) is 0.274. The van der Waals surface area contributed by atoms with E-state index in [2.05, 4.69) is 55.7 Å². The van der Waals surface area contributed by atoms with E-state index in [1.54, 1.807) is 12.4 Å². The van der Waals surface area contributed by atoms with Crippen LogP contribution in [0.3, 0.4) is 0 Å². The summed E-state index contributed by atoms with van der Waals surface area (Å²) in [4.78, 5) is 27.5. The van der Waals surface area contributed by atoms with Gasteiger partial charge in [0.1, 0.15) is 11.9 Å². The number of rotatable bonds is 14. The maximum Gasteiger partial charge on any atom is 0.326 e. The first kappa shape index (κ1) is 27.5. The minimum absolute atomic E-state index is 0.337. The van der Waals surface area contributed by atoms with Crippen molar-refractivity contribution >= 4 is 17.7 Å². The van der Waals surface area contributed by atoms with Gasteiger partial charge in [0.15, 0.2) is 0 Å². The van der Waals surface area contributed by atoms with Crippen molar-refractivity contribution in [1.82, 2.24) is 29.6 Å². The molecule has 1 unspecified atom stereocenters. The minimum Gasteiger partial charge on any atom is -0.480 e. The molecule has 1 aliphatic heterocycles. The number of aromatic nitrogens is 5. The first-order valence-corrected chi connectivity index (χ1v) is 13.6. The number of aryl methyl sites for hydroxylation is 5. The second kappa shape index (κ2) is 13.3. The number of aliphatic carboxylic acids is 1. The van der Waals surface area contributed by atoms with Gasteiger partial charge >= 0.3 is 5.97 Å². The second-order valence-corrected chi connectivity index (χ2v) is 10.2. The van der Waals surface area contributed by atoms with Crippen LogP contribution in [0.15, 0.2) is 30.6 Å². The second-order valence-electron chi connectivity index (χ2n) is 10.2. The number of carboxylic acids is 1. The van der Waals surface area contributed by atoms with Crippen LogP contribution in [0.4, 0.5) is 11.8 Å². The fraction of sp³-hybridized carbons (Fsp3) is 0.536. The normalized spacial score (nSPS) is 13.7. The number of unbranched alkanes of at least 4 members (excludes halogenated alkanes) is 1. The Morgan fingerprint density at radius 3 is 2.71 bits per heavy atom. The summed E-state index contributed by atoms with van der Waals surface area (Å²) in [6.07, 6.45) is 9.05. The SMILES string of the molecule is Cc1cnc(NC(CCN(CCCCc2ccc3c(n2)NCCC3)CCn2nc(C)cc2C)C(=O)O)nc1. The van der Waals surface area contributed by atoms with Crippen molar-refractivity contribution in [2.24, 2.45) is 0 Å². The van der Waals surface area contributed by atoms with E-state index in [1.165, 1.54) is 5.56 Å². The van der Waals surface area contributed by atoms with Gasteiger partial charge < -0.3 is 20.6 Å². The molecule has 0 saturated carbocycles. The van der Waals surface area contributed by atoms with Gasteiger partial charge in [0, 0.05) is 43.4 Å². The van der Waals surface area contributed by atoms with Gasteiger partial charge in [-0.15, -0.1) is 0 Å². The van der Waals surface area contributed by atoms with E-state index in [1.807, 2.05) is 18.5 Å². The molecule has 0 aromatic carbocycles. The summed E-state index contributed by atoms with van der Waals surface area (Å²) in [5, 5.41) is 20.8. The van der Waals surface area contributed by atoms with Crippen LogP contribution in [0.2, 0.25) is 0 Å². The first-order valence-electron chi connectivity index (χ1n) is 13.6. The van der Waals surface area contributed by atoms with E-state index in [0.29, 0.717) is 18.9 Å². The molecule has 10 heteroatoms. The summed E-state index contributed by atoms with van der Waals surface area (Å²) in [7, 11) is 0. The van der Waals surface area contributed by atoms with Crippen molar-refractivity contribution < 1.29 is 9.90 Å². The molecule has 4 rings (SSSR count). The number of fused-ring (bicyclic) bond motifs is 1. The Balaban J connectivity index is 1.32. The van der Waals surface area contributed by atoms with Crippen LogP contribution in [0.5, 0.6) is 0 Å². The fourth-order valence-electron chi connectivity index (χ4n) is 4.81. The van der Waals surface area contributed by atoms with Crippen molar-refractivity contribution in [3.05, 3.63) is 58.8 Å². The fourth-order valence-corrected chi connectivity index (χ4v) is 4.81. The molecule has 38 heavy (non-hydrogen) atoms. The highest BCUT2D eigenvalue weighted by Gasteiger charge is 2.20.